The minimum Gasteiger partial charge on any atom is -2.00 e. The second-order valence-electron chi connectivity index (χ2n) is 0. The minimum absolute atomic E-state index is 0. The molecule has 0 aromatic heterocycles. The van der Waals surface area contributed by atoms with Crippen LogP contribution in [0.25, 0.3) is 0 Å². The van der Waals surface area contributed by atoms with E-state index in [1.54, 1.807) is 0 Å². The van der Waals surface area contributed by atoms with Crippen molar-refractivity contribution in [1.82, 2.24) is 0 Å². The summed E-state index contributed by atoms with van der Waals surface area (Å²) in [7, 11) is 0. The van der Waals surface area contributed by atoms with Crippen molar-refractivity contribution in [3.63, 3.8) is 0 Å². The van der Waals surface area contributed by atoms with Crippen molar-refractivity contribution in [3.05, 3.63) is 0 Å². The van der Waals surface area contributed by atoms with Gasteiger partial charge in [-0.25, -0.2) is 0 Å². The molecule has 6 nitrogen and oxygen atoms in total. The summed E-state index contributed by atoms with van der Waals surface area (Å²) < 4.78 is 0. The Bertz CT molecular complexity index is 17.7. The van der Waals surface area contributed by atoms with E-state index in [4.69, 9.17) is 0 Å². The van der Waals surface area contributed by atoms with Crippen LogP contribution in [0.3, 0.4) is 0 Å². The van der Waals surface area contributed by atoms with E-state index in [-0.39, 0.29) is 110 Å². The summed E-state index contributed by atoms with van der Waals surface area (Å²) in [4.78, 5) is 0. The molecule has 0 aromatic carbocycles. The number of rotatable bonds is 0. The minimum atomic E-state index is 0. The summed E-state index contributed by atoms with van der Waals surface area (Å²) in [6.45, 7) is 0. The summed E-state index contributed by atoms with van der Waals surface area (Å²) in [5.74, 6) is 0. The third-order valence-corrected chi connectivity index (χ3v) is 0. The summed E-state index contributed by atoms with van der Waals surface area (Å²) >= 11 is 0. The zero-order valence-corrected chi connectivity index (χ0v) is 11.8. The Hall–Kier alpha value is 2.23. The van der Waals surface area contributed by atoms with Crippen molar-refractivity contribution >= 4 is 0 Å². The fourth-order valence-electron chi connectivity index (χ4n) is 0. The van der Waals surface area contributed by atoms with E-state index in [1.165, 1.54) is 0 Å². The van der Waals surface area contributed by atoms with Gasteiger partial charge in [0, 0.05) is 0 Å². The van der Waals surface area contributed by atoms with Crippen LogP contribution >= 0.6 is 0 Å². The second-order valence-corrected chi connectivity index (χ2v) is 0. The molecule has 0 heterocycles. The van der Waals surface area contributed by atoms with Crippen molar-refractivity contribution in [3.8, 4) is 0 Å². The van der Waals surface area contributed by atoms with Crippen LogP contribution in [0.5, 0.6) is 0 Å². The van der Waals surface area contributed by atoms with Crippen LogP contribution in [-0.4, -0.2) is 0 Å². The predicted molar refractivity (Wildman–Crippen MR) is 4.12 cm³/mol. The number of hydrogen-bond acceptors (Lipinski definition) is 0. The maximum atomic E-state index is 0. The van der Waals surface area contributed by atoms with E-state index in [0.29, 0.717) is 0 Å². The third kappa shape index (κ3) is 176. The average Bonchev–Trinajstić information content (AvgIpc) is 0. The molecule has 0 aliphatic carbocycles. The standard InChI is InChI=1S/Co.Cr.6O.Pt.Ta/q+2;+3;6*-2;+2;+5. The van der Waals surface area contributed by atoms with Gasteiger partial charge in [0.2, 0.25) is 0 Å². The molecule has 0 aromatic rings. The second kappa shape index (κ2) is 237. The number of hydrogen-bond donors (Lipinski definition) is 0. The first kappa shape index (κ1) is 311. The largest absolute Gasteiger partial charge is 5.00 e. The van der Waals surface area contributed by atoms with Crippen LogP contribution in [0.15, 0.2) is 0 Å². The van der Waals surface area contributed by atoms with Gasteiger partial charge in [-0.05, 0) is 0 Å². The van der Waals surface area contributed by atoms with Crippen LogP contribution in [0.4, 0.5) is 0 Å². The zero-order chi connectivity index (χ0) is 0. The van der Waals surface area contributed by atoms with E-state index < -0.39 is 0 Å². The SMILES string of the molecule is [Co+2].[Cr+3].[O-2].[O-2].[O-2].[O-2].[O-2].[O-2].[Pt+2].[Ta+5]. The van der Waals surface area contributed by atoms with Crippen LogP contribution in [0.1, 0.15) is 0 Å². The molecule has 0 bridgehead atoms. The molecule has 0 saturated carbocycles. The van der Waals surface area contributed by atoms with Crippen LogP contribution in [-0.2, 0) is 110 Å². The van der Waals surface area contributed by atoms with Crippen molar-refractivity contribution in [1.29, 1.82) is 0 Å². The molecule has 2 radical (unpaired) electrons. The Kier molecular flexibility index (Phi) is 7350. The monoisotopic (exact) mass is 583 g/mol. The van der Waals surface area contributed by atoms with Crippen molar-refractivity contribution in [2.75, 3.05) is 0 Å². The van der Waals surface area contributed by atoms with Gasteiger partial charge in [0.15, 0.2) is 0 Å². The van der Waals surface area contributed by atoms with Crippen LogP contribution < -0.4 is 0 Å². The molecule has 10 heteroatoms. The first-order valence-corrected chi connectivity index (χ1v) is 0. The molecule has 0 amide bonds. The molecule has 0 saturated heterocycles. The van der Waals surface area contributed by atoms with Gasteiger partial charge in [0.1, 0.15) is 0 Å². The predicted octanol–water partition coefficient (Wildman–Crippen LogP) is -0.723. The van der Waals surface area contributed by atoms with Gasteiger partial charge in [0.05, 0.1) is 0 Å². The molecular formula is CoCrO6PtTa. The first-order chi connectivity index (χ1) is 0. The van der Waals surface area contributed by atoms with E-state index in [2.05, 4.69) is 0 Å². The van der Waals surface area contributed by atoms with Gasteiger partial charge >= 0.3 is 77.6 Å². The molecule has 0 aliphatic heterocycles. The van der Waals surface area contributed by atoms with Crippen LogP contribution in [0.2, 0.25) is 0 Å². The van der Waals surface area contributed by atoms with E-state index >= 15 is 0 Å². The third-order valence-electron chi connectivity index (χ3n) is 0. The molecule has 66 valence electrons. The molecule has 0 fully saturated rings. The molecular weight excluding hydrogens is 583 g/mol. The summed E-state index contributed by atoms with van der Waals surface area (Å²) in [6.07, 6.45) is 0. The van der Waals surface area contributed by atoms with Gasteiger partial charge in [-0.3, -0.25) is 0 Å². The quantitative estimate of drug-likeness (QED) is 0.351. The molecule has 10 heavy (non-hydrogen) atoms. The molecule has 0 N–H and O–H groups in total. The molecule has 0 atom stereocenters. The average molecular weight is 583 g/mol. The Labute approximate surface area is 109 Å². The normalized spacial score (nSPS) is 0. The summed E-state index contributed by atoms with van der Waals surface area (Å²) in [6, 6.07) is 0. The van der Waals surface area contributed by atoms with Gasteiger partial charge in [0.25, 0.3) is 0 Å². The zero-order valence-electron chi connectivity index (χ0n) is 3.95. The maximum absolute atomic E-state index is 0. The molecule has 0 unspecified atom stereocenters. The Morgan fingerprint density at radius 2 is 0.500 bits per heavy atom. The fraction of sp³-hybridized carbons (Fsp3) is 0. The van der Waals surface area contributed by atoms with E-state index in [1.807, 2.05) is 0 Å². The Morgan fingerprint density at radius 1 is 0.500 bits per heavy atom. The van der Waals surface area contributed by atoms with Crippen molar-refractivity contribution in [2.45, 2.75) is 0 Å². The Balaban J connectivity index is 0. The first-order valence-electron chi connectivity index (χ1n) is 0. The van der Waals surface area contributed by atoms with Gasteiger partial charge in [-0.1, -0.05) is 0 Å². The van der Waals surface area contributed by atoms with Gasteiger partial charge < -0.3 is 32.9 Å². The van der Waals surface area contributed by atoms with E-state index in [0.717, 1.165) is 0 Å². The van der Waals surface area contributed by atoms with E-state index in [9.17, 15) is 0 Å². The molecule has 0 rings (SSSR count). The fourth-order valence-corrected chi connectivity index (χ4v) is 0. The van der Waals surface area contributed by atoms with Crippen LogP contribution in [0, 0.1) is 0 Å². The molecule has 0 aliphatic rings. The van der Waals surface area contributed by atoms with Crippen molar-refractivity contribution < 1.29 is 110 Å². The Morgan fingerprint density at radius 3 is 0.500 bits per heavy atom. The summed E-state index contributed by atoms with van der Waals surface area (Å²) in [5, 5.41) is 0. The summed E-state index contributed by atoms with van der Waals surface area (Å²) in [5.41, 5.74) is 0. The molecule has 0 spiro atoms. The maximum Gasteiger partial charge on any atom is 5.00 e. The van der Waals surface area contributed by atoms with Gasteiger partial charge in [-0.2, -0.15) is 0 Å². The van der Waals surface area contributed by atoms with Crippen molar-refractivity contribution in [2.24, 2.45) is 0 Å². The van der Waals surface area contributed by atoms with Gasteiger partial charge in [-0.15, -0.1) is 0 Å². The topological polar surface area (TPSA) is 171 Å². The smallest absolute Gasteiger partial charge is 2.00 e.